The summed E-state index contributed by atoms with van der Waals surface area (Å²) in [4.78, 5) is 11.0. The van der Waals surface area contributed by atoms with Crippen LogP contribution in [0.15, 0.2) is 36.4 Å². The highest BCUT2D eigenvalue weighted by Gasteiger charge is 2.08. The van der Waals surface area contributed by atoms with Gasteiger partial charge in [0.15, 0.2) is 0 Å². The number of carbonyl (C=O) groups is 1. The van der Waals surface area contributed by atoms with Crippen molar-refractivity contribution in [2.24, 2.45) is 5.73 Å². The van der Waals surface area contributed by atoms with E-state index >= 15 is 0 Å². The minimum Gasteiger partial charge on any atom is -0.364 e. The third-order valence-electron chi connectivity index (χ3n) is 2.41. The molecule has 1 amide bonds. The lowest BCUT2D eigenvalue weighted by molar-refractivity contribution is 0.0995. The monoisotopic (exact) mass is 215 g/mol. The molecule has 82 valence electrons. The quantitative estimate of drug-likeness (QED) is 0.839. The lowest BCUT2D eigenvalue weighted by Gasteiger charge is -2.03. The van der Waals surface area contributed by atoms with Crippen LogP contribution < -0.4 is 5.73 Å². The van der Waals surface area contributed by atoms with Gasteiger partial charge < -0.3 is 5.73 Å². The van der Waals surface area contributed by atoms with Crippen LogP contribution in [0.4, 0.5) is 0 Å². The summed E-state index contributed by atoms with van der Waals surface area (Å²) >= 11 is 0. The van der Waals surface area contributed by atoms with E-state index < -0.39 is 5.91 Å². The fourth-order valence-electron chi connectivity index (χ4n) is 1.55. The first-order valence-corrected chi connectivity index (χ1v) is 5.05. The van der Waals surface area contributed by atoms with Crippen molar-refractivity contribution in [1.82, 2.24) is 9.78 Å². The molecule has 0 aliphatic heterocycles. The molecule has 0 saturated heterocycles. The molecule has 4 nitrogen and oxygen atoms in total. The minimum absolute atomic E-state index is 0.313. The number of nitrogens with two attached hydrogens (primary N) is 1. The molecular formula is C12H13N3O. The van der Waals surface area contributed by atoms with E-state index in [9.17, 15) is 4.79 Å². The molecule has 2 aromatic rings. The summed E-state index contributed by atoms with van der Waals surface area (Å²) in [5.74, 6) is -0.491. The van der Waals surface area contributed by atoms with Crippen LogP contribution in [0.25, 0.3) is 0 Å². The van der Waals surface area contributed by atoms with Crippen molar-refractivity contribution < 1.29 is 4.79 Å². The van der Waals surface area contributed by atoms with E-state index in [0.717, 1.165) is 11.3 Å². The Morgan fingerprint density at radius 2 is 2.06 bits per heavy atom. The van der Waals surface area contributed by atoms with Crippen molar-refractivity contribution in [1.29, 1.82) is 0 Å². The standard InChI is InChI=1S/C12H13N3O/c1-9-7-11(12(13)16)14-15(9)8-10-5-3-2-4-6-10/h2-7H,8H2,1H3,(H2,13,16). The summed E-state index contributed by atoms with van der Waals surface area (Å²) in [6.45, 7) is 2.56. The van der Waals surface area contributed by atoms with Gasteiger partial charge in [0.05, 0.1) is 6.54 Å². The molecule has 1 aromatic carbocycles. The molecule has 1 heterocycles. The highest BCUT2D eigenvalue weighted by molar-refractivity contribution is 5.90. The first-order valence-electron chi connectivity index (χ1n) is 5.05. The van der Waals surface area contributed by atoms with Gasteiger partial charge in [0.25, 0.3) is 5.91 Å². The number of primary amides is 1. The fraction of sp³-hybridized carbons (Fsp3) is 0.167. The number of hydrogen-bond acceptors (Lipinski definition) is 2. The molecule has 0 bridgehead atoms. The number of hydrogen-bond donors (Lipinski definition) is 1. The topological polar surface area (TPSA) is 60.9 Å². The molecule has 0 atom stereocenters. The van der Waals surface area contributed by atoms with E-state index in [1.165, 1.54) is 0 Å². The summed E-state index contributed by atoms with van der Waals surface area (Å²) < 4.78 is 1.77. The number of rotatable bonds is 3. The predicted molar refractivity (Wildman–Crippen MR) is 61.0 cm³/mol. The number of aryl methyl sites for hydroxylation is 1. The number of nitrogens with zero attached hydrogens (tertiary/aromatic N) is 2. The lowest BCUT2D eigenvalue weighted by atomic mass is 10.2. The van der Waals surface area contributed by atoms with Gasteiger partial charge in [-0.2, -0.15) is 5.10 Å². The molecule has 0 saturated carbocycles. The van der Waals surface area contributed by atoms with Crippen LogP contribution in [0, 0.1) is 6.92 Å². The van der Waals surface area contributed by atoms with Gasteiger partial charge in [0.2, 0.25) is 0 Å². The third-order valence-corrected chi connectivity index (χ3v) is 2.41. The van der Waals surface area contributed by atoms with Crippen molar-refractivity contribution in [2.45, 2.75) is 13.5 Å². The maximum absolute atomic E-state index is 11.0. The molecule has 4 heteroatoms. The van der Waals surface area contributed by atoms with Gasteiger partial charge in [0.1, 0.15) is 5.69 Å². The van der Waals surface area contributed by atoms with E-state index in [2.05, 4.69) is 5.10 Å². The number of carbonyl (C=O) groups excluding carboxylic acids is 1. The van der Waals surface area contributed by atoms with Crippen LogP contribution in [0.3, 0.4) is 0 Å². The molecule has 0 aliphatic carbocycles. The van der Waals surface area contributed by atoms with E-state index in [1.54, 1.807) is 10.7 Å². The van der Waals surface area contributed by atoms with E-state index in [0.29, 0.717) is 12.2 Å². The van der Waals surface area contributed by atoms with Crippen molar-refractivity contribution in [3.05, 3.63) is 53.3 Å². The summed E-state index contributed by atoms with van der Waals surface area (Å²) in [7, 11) is 0. The highest BCUT2D eigenvalue weighted by atomic mass is 16.1. The first kappa shape index (κ1) is 10.4. The summed E-state index contributed by atoms with van der Waals surface area (Å²) in [5.41, 5.74) is 7.56. The SMILES string of the molecule is Cc1cc(C(N)=O)nn1Cc1ccccc1. The average molecular weight is 215 g/mol. The van der Waals surface area contributed by atoms with Crippen LogP contribution >= 0.6 is 0 Å². The summed E-state index contributed by atoms with van der Waals surface area (Å²) in [6, 6.07) is 11.7. The second kappa shape index (κ2) is 4.18. The van der Waals surface area contributed by atoms with Crippen molar-refractivity contribution in [2.75, 3.05) is 0 Å². The van der Waals surface area contributed by atoms with Crippen LogP contribution in [-0.4, -0.2) is 15.7 Å². The summed E-state index contributed by atoms with van der Waals surface area (Å²) in [6.07, 6.45) is 0. The Hall–Kier alpha value is -2.10. The summed E-state index contributed by atoms with van der Waals surface area (Å²) in [5, 5.41) is 4.15. The van der Waals surface area contributed by atoms with Crippen molar-refractivity contribution in [3.8, 4) is 0 Å². The van der Waals surface area contributed by atoms with Gasteiger partial charge in [-0.1, -0.05) is 30.3 Å². The molecule has 16 heavy (non-hydrogen) atoms. The van der Waals surface area contributed by atoms with Crippen molar-refractivity contribution in [3.63, 3.8) is 0 Å². The normalized spacial score (nSPS) is 10.3. The number of benzene rings is 1. The van der Waals surface area contributed by atoms with E-state index in [4.69, 9.17) is 5.73 Å². The Kier molecular flexibility index (Phi) is 2.72. The number of amides is 1. The molecule has 2 rings (SSSR count). The molecule has 0 radical (unpaired) electrons. The highest BCUT2D eigenvalue weighted by Crippen LogP contribution is 2.07. The molecule has 1 aromatic heterocycles. The van der Waals surface area contributed by atoms with Gasteiger partial charge in [-0.3, -0.25) is 9.48 Å². The molecule has 0 unspecified atom stereocenters. The van der Waals surface area contributed by atoms with E-state index in [-0.39, 0.29) is 0 Å². The van der Waals surface area contributed by atoms with Crippen LogP contribution in [0.1, 0.15) is 21.7 Å². The zero-order valence-corrected chi connectivity index (χ0v) is 9.05. The lowest BCUT2D eigenvalue weighted by Crippen LogP contribution is -2.12. The van der Waals surface area contributed by atoms with Gasteiger partial charge in [-0.05, 0) is 18.6 Å². The molecular weight excluding hydrogens is 202 g/mol. The molecule has 0 fully saturated rings. The second-order valence-corrected chi connectivity index (χ2v) is 3.68. The van der Waals surface area contributed by atoms with Crippen molar-refractivity contribution >= 4 is 5.91 Å². The number of aromatic nitrogens is 2. The van der Waals surface area contributed by atoms with Crippen LogP contribution in [0.2, 0.25) is 0 Å². The van der Waals surface area contributed by atoms with E-state index in [1.807, 2.05) is 37.3 Å². The fourth-order valence-corrected chi connectivity index (χ4v) is 1.55. The van der Waals surface area contributed by atoms with Gasteiger partial charge in [-0.15, -0.1) is 0 Å². The predicted octanol–water partition coefficient (Wildman–Crippen LogP) is 1.34. The Labute approximate surface area is 93.7 Å². The Balaban J connectivity index is 2.25. The van der Waals surface area contributed by atoms with Gasteiger partial charge in [0, 0.05) is 5.69 Å². The largest absolute Gasteiger partial charge is 0.364 e. The maximum Gasteiger partial charge on any atom is 0.269 e. The first-order chi connectivity index (χ1) is 7.66. The zero-order valence-electron chi connectivity index (χ0n) is 9.05. The minimum atomic E-state index is -0.491. The van der Waals surface area contributed by atoms with Crippen LogP contribution in [-0.2, 0) is 6.54 Å². The molecule has 0 spiro atoms. The third kappa shape index (κ3) is 2.11. The Morgan fingerprint density at radius 1 is 1.38 bits per heavy atom. The second-order valence-electron chi connectivity index (χ2n) is 3.68. The van der Waals surface area contributed by atoms with Crippen LogP contribution in [0.5, 0.6) is 0 Å². The average Bonchev–Trinajstić information content (AvgIpc) is 2.62. The Bertz CT molecular complexity index is 502. The van der Waals surface area contributed by atoms with Gasteiger partial charge in [-0.25, -0.2) is 0 Å². The zero-order chi connectivity index (χ0) is 11.5. The molecule has 2 N–H and O–H groups in total. The Morgan fingerprint density at radius 3 is 2.62 bits per heavy atom. The van der Waals surface area contributed by atoms with Gasteiger partial charge >= 0.3 is 0 Å². The smallest absolute Gasteiger partial charge is 0.269 e. The maximum atomic E-state index is 11.0. The molecule has 0 aliphatic rings.